The smallest absolute Gasteiger partial charge is 0.0891 e. The quantitative estimate of drug-likeness (QED) is 0.781. The Morgan fingerprint density at radius 3 is 2.42 bits per heavy atom. The summed E-state index contributed by atoms with van der Waals surface area (Å²) in [6.45, 7) is 13.4. The summed E-state index contributed by atoms with van der Waals surface area (Å²) >= 11 is 0. The minimum Gasteiger partial charge on any atom is -0.372 e. The number of pyridine rings is 1. The molecule has 1 rings (SSSR count). The highest BCUT2D eigenvalue weighted by Gasteiger charge is 2.07. The summed E-state index contributed by atoms with van der Waals surface area (Å²) in [5, 5.41) is 3.41. The lowest BCUT2D eigenvalue weighted by Gasteiger charge is -2.16. The number of nitrogens with one attached hydrogen (secondary N) is 1. The molecule has 108 valence electrons. The van der Waals surface area contributed by atoms with Gasteiger partial charge >= 0.3 is 0 Å². The molecule has 0 bridgehead atoms. The topological polar surface area (TPSA) is 34.1 Å². The highest BCUT2D eigenvalue weighted by atomic mass is 16.5. The van der Waals surface area contributed by atoms with Crippen molar-refractivity contribution in [3.63, 3.8) is 0 Å². The Hall–Kier alpha value is -0.930. The molecule has 0 aliphatic rings. The van der Waals surface area contributed by atoms with Gasteiger partial charge in [0.25, 0.3) is 0 Å². The van der Waals surface area contributed by atoms with Crippen molar-refractivity contribution in [2.75, 3.05) is 6.54 Å². The molecule has 0 spiro atoms. The molecule has 1 aromatic heterocycles. The van der Waals surface area contributed by atoms with Crippen molar-refractivity contribution >= 4 is 0 Å². The monoisotopic (exact) mass is 264 g/mol. The van der Waals surface area contributed by atoms with Crippen molar-refractivity contribution in [1.82, 2.24) is 10.3 Å². The van der Waals surface area contributed by atoms with E-state index in [0.717, 1.165) is 18.8 Å². The van der Waals surface area contributed by atoms with E-state index >= 15 is 0 Å². The molecule has 0 aliphatic heterocycles. The van der Waals surface area contributed by atoms with Crippen LogP contribution in [-0.2, 0) is 17.9 Å². The van der Waals surface area contributed by atoms with Crippen LogP contribution in [0.5, 0.6) is 0 Å². The second-order valence-corrected chi connectivity index (χ2v) is 5.94. The largest absolute Gasteiger partial charge is 0.372 e. The van der Waals surface area contributed by atoms with E-state index in [2.05, 4.69) is 57.1 Å². The first-order valence-electron chi connectivity index (χ1n) is 7.25. The fourth-order valence-electron chi connectivity index (χ4n) is 1.56. The standard InChI is InChI=1S/C16H28N2O/c1-12(2)8-17-9-15-6-7-16(18-10-15)11-19-14(5)13(3)4/h6-7,10,12-14,17H,8-9,11H2,1-5H3. The molecule has 1 N–H and O–H groups in total. The van der Waals surface area contributed by atoms with Crippen molar-refractivity contribution < 1.29 is 4.74 Å². The Labute approximate surface area is 117 Å². The van der Waals surface area contributed by atoms with E-state index < -0.39 is 0 Å². The molecule has 1 unspecified atom stereocenters. The van der Waals surface area contributed by atoms with Gasteiger partial charge in [0.1, 0.15) is 0 Å². The van der Waals surface area contributed by atoms with Crippen LogP contribution in [0.1, 0.15) is 45.9 Å². The molecular formula is C16H28N2O. The van der Waals surface area contributed by atoms with Gasteiger partial charge in [-0.25, -0.2) is 0 Å². The molecule has 0 amide bonds. The molecular weight excluding hydrogens is 236 g/mol. The third kappa shape index (κ3) is 6.69. The zero-order valence-corrected chi connectivity index (χ0v) is 12.9. The van der Waals surface area contributed by atoms with Gasteiger partial charge in [-0.15, -0.1) is 0 Å². The van der Waals surface area contributed by atoms with Gasteiger partial charge in [0.05, 0.1) is 18.4 Å². The van der Waals surface area contributed by atoms with Crippen LogP contribution in [0.2, 0.25) is 0 Å². The fraction of sp³-hybridized carbons (Fsp3) is 0.688. The lowest BCUT2D eigenvalue weighted by molar-refractivity contribution is 0.0218. The van der Waals surface area contributed by atoms with Crippen LogP contribution < -0.4 is 5.32 Å². The second-order valence-electron chi connectivity index (χ2n) is 5.94. The second kappa shape index (κ2) is 8.28. The number of ether oxygens (including phenoxy) is 1. The zero-order valence-electron chi connectivity index (χ0n) is 12.9. The average molecular weight is 264 g/mol. The number of hydrogen-bond acceptors (Lipinski definition) is 3. The Kier molecular flexibility index (Phi) is 7.03. The van der Waals surface area contributed by atoms with E-state index in [1.54, 1.807) is 0 Å². The van der Waals surface area contributed by atoms with Crippen molar-refractivity contribution in [1.29, 1.82) is 0 Å². The average Bonchev–Trinajstić information content (AvgIpc) is 2.37. The zero-order chi connectivity index (χ0) is 14.3. The summed E-state index contributed by atoms with van der Waals surface area (Å²) in [4.78, 5) is 4.44. The van der Waals surface area contributed by atoms with Gasteiger partial charge in [0.15, 0.2) is 0 Å². The Morgan fingerprint density at radius 1 is 1.16 bits per heavy atom. The maximum Gasteiger partial charge on any atom is 0.0891 e. The van der Waals surface area contributed by atoms with E-state index in [9.17, 15) is 0 Å². The van der Waals surface area contributed by atoms with Gasteiger partial charge in [-0.05, 0) is 36.9 Å². The van der Waals surface area contributed by atoms with Crippen molar-refractivity contribution in [2.24, 2.45) is 11.8 Å². The summed E-state index contributed by atoms with van der Waals surface area (Å²) in [6.07, 6.45) is 2.21. The van der Waals surface area contributed by atoms with Gasteiger partial charge in [-0.1, -0.05) is 33.8 Å². The van der Waals surface area contributed by atoms with Crippen LogP contribution >= 0.6 is 0 Å². The van der Waals surface area contributed by atoms with Gasteiger partial charge in [-0.3, -0.25) is 4.98 Å². The summed E-state index contributed by atoms with van der Waals surface area (Å²) in [6, 6.07) is 4.18. The van der Waals surface area contributed by atoms with Crippen LogP contribution in [-0.4, -0.2) is 17.6 Å². The third-order valence-corrected chi connectivity index (χ3v) is 3.20. The maximum absolute atomic E-state index is 5.76. The van der Waals surface area contributed by atoms with Crippen LogP contribution in [0.25, 0.3) is 0 Å². The minimum absolute atomic E-state index is 0.272. The van der Waals surface area contributed by atoms with Crippen LogP contribution in [0.4, 0.5) is 0 Å². The van der Waals surface area contributed by atoms with E-state index in [1.807, 2.05) is 6.20 Å². The first-order chi connectivity index (χ1) is 8.99. The molecule has 0 saturated heterocycles. The molecule has 0 radical (unpaired) electrons. The van der Waals surface area contributed by atoms with Gasteiger partial charge in [0.2, 0.25) is 0 Å². The molecule has 1 heterocycles. The predicted octanol–water partition coefficient (Wildman–Crippen LogP) is 3.39. The molecule has 1 aromatic rings. The van der Waals surface area contributed by atoms with Gasteiger partial charge in [0, 0.05) is 12.7 Å². The molecule has 0 saturated carbocycles. The van der Waals surface area contributed by atoms with Gasteiger partial charge in [-0.2, -0.15) is 0 Å². The fourth-order valence-corrected chi connectivity index (χ4v) is 1.56. The highest BCUT2D eigenvalue weighted by molar-refractivity contribution is 5.13. The molecule has 0 aliphatic carbocycles. The molecule has 3 heteroatoms. The Balaban J connectivity index is 2.35. The van der Waals surface area contributed by atoms with Crippen molar-refractivity contribution in [2.45, 2.75) is 53.9 Å². The van der Waals surface area contributed by atoms with E-state index in [4.69, 9.17) is 4.74 Å². The Bertz CT molecular complexity index is 346. The van der Waals surface area contributed by atoms with E-state index in [1.165, 1.54) is 5.56 Å². The first-order valence-corrected chi connectivity index (χ1v) is 7.25. The molecule has 1 atom stereocenters. The number of nitrogens with zero attached hydrogens (tertiary/aromatic N) is 1. The number of aromatic nitrogens is 1. The summed E-state index contributed by atoms with van der Waals surface area (Å²) in [5.74, 6) is 1.22. The van der Waals surface area contributed by atoms with Gasteiger partial charge < -0.3 is 10.1 Å². The number of rotatable bonds is 8. The van der Waals surface area contributed by atoms with Crippen LogP contribution in [0.3, 0.4) is 0 Å². The summed E-state index contributed by atoms with van der Waals surface area (Å²) in [7, 11) is 0. The molecule has 0 fully saturated rings. The first kappa shape index (κ1) is 16.1. The third-order valence-electron chi connectivity index (χ3n) is 3.20. The molecule has 19 heavy (non-hydrogen) atoms. The predicted molar refractivity (Wildman–Crippen MR) is 79.9 cm³/mol. The van der Waals surface area contributed by atoms with E-state index in [0.29, 0.717) is 18.4 Å². The summed E-state index contributed by atoms with van der Waals surface area (Å²) in [5.41, 5.74) is 2.22. The normalized spacial score (nSPS) is 13.2. The van der Waals surface area contributed by atoms with E-state index in [-0.39, 0.29) is 6.10 Å². The molecule has 0 aromatic carbocycles. The SMILES string of the molecule is CC(C)CNCc1ccc(COC(C)C(C)C)nc1. The van der Waals surface area contributed by atoms with Crippen molar-refractivity contribution in [3.05, 3.63) is 29.6 Å². The van der Waals surface area contributed by atoms with Crippen molar-refractivity contribution in [3.8, 4) is 0 Å². The van der Waals surface area contributed by atoms with Crippen LogP contribution in [0.15, 0.2) is 18.3 Å². The maximum atomic E-state index is 5.76. The highest BCUT2D eigenvalue weighted by Crippen LogP contribution is 2.09. The Morgan fingerprint density at radius 2 is 1.89 bits per heavy atom. The summed E-state index contributed by atoms with van der Waals surface area (Å²) < 4.78 is 5.76. The van der Waals surface area contributed by atoms with Crippen LogP contribution in [0, 0.1) is 11.8 Å². The lowest BCUT2D eigenvalue weighted by atomic mass is 10.1. The molecule has 3 nitrogen and oxygen atoms in total. The minimum atomic E-state index is 0.272. The lowest BCUT2D eigenvalue weighted by Crippen LogP contribution is -2.19. The number of hydrogen-bond donors (Lipinski definition) is 1.